The van der Waals surface area contributed by atoms with Crippen LogP contribution in [-0.2, 0) is 44.1 Å². The number of unbranched alkanes of at least 4 members (excludes halogenated alkanes) is 3. The normalized spacial score (nSPS) is 12.7. The van der Waals surface area contributed by atoms with Gasteiger partial charge in [-0.1, -0.05) is 120 Å². The zero-order valence-corrected chi connectivity index (χ0v) is 31.0. The second-order valence-corrected chi connectivity index (χ2v) is 17.0. The molecule has 0 aliphatic rings. The predicted octanol–water partition coefficient (Wildman–Crippen LogP) is 8.68. The number of benzene rings is 2. The molecule has 0 unspecified atom stereocenters. The number of phenols is 2. The van der Waals surface area contributed by atoms with Gasteiger partial charge in [0.15, 0.2) is 0 Å². The lowest BCUT2D eigenvalue weighted by molar-refractivity contribution is -0.122. The number of carbonyl (C=O) groups is 2. The van der Waals surface area contributed by atoms with Crippen LogP contribution in [0.1, 0.15) is 155 Å². The monoisotopic (exact) mass is 634 g/mol. The summed E-state index contributed by atoms with van der Waals surface area (Å²) in [6.45, 7) is 26.1. The van der Waals surface area contributed by atoms with Crippen LogP contribution in [0.15, 0.2) is 24.3 Å². The smallest absolute Gasteiger partial charge is 0.241 e. The molecule has 2 aromatic rings. The molecule has 0 saturated carbocycles. The van der Waals surface area contributed by atoms with Gasteiger partial charge in [0, 0.05) is 25.9 Å². The van der Waals surface area contributed by atoms with Gasteiger partial charge in [-0.2, -0.15) is 0 Å². The van der Waals surface area contributed by atoms with Crippen LogP contribution in [0.5, 0.6) is 11.5 Å². The zero-order valence-electron chi connectivity index (χ0n) is 31.0. The highest BCUT2D eigenvalue weighted by atomic mass is 16.3. The van der Waals surface area contributed by atoms with Crippen molar-refractivity contribution in [3.8, 4) is 11.5 Å². The SMILES string of the molecule is CC(C)(C)c1cc(CCC(=O)[N]CCCCCC[N]C(=O)CCc2cc(C(C)(C)C)c(O)c(C(C)(C)C)c2)cc(C(C)(C)C)c1O. The highest BCUT2D eigenvalue weighted by molar-refractivity contribution is 5.76. The second-order valence-electron chi connectivity index (χ2n) is 17.0. The van der Waals surface area contributed by atoms with Crippen molar-refractivity contribution < 1.29 is 19.8 Å². The average molecular weight is 635 g/mol. The average Bonchev–Trinajstić information content (AvgIpc) is 2.90. The van der Waals surface area contributed by atoms with Crippen molar-refractivity contribution >= 4 is 11.8 Å². The number of nitrogens with zero attached hydrogens (tertiary/aromatic N) is 2. The van der Waals surface area contributed by atoms with Gasteiger partial charge in [0.2, 0.25) is 11.8 Å². The molecule has 2 rings (SSSR count). The molecule has 0 aromatic heterocycles. The third kappa shape index (κ3) is 12.0. The Kier molecular flexibility index (Phi) is 13.4. The molecular formula is C40H62N2O4. The lowest BCUT2D eigenvalue weighted by Crippen LogP contribution is -2.20. The number of carbonyl (C=O) groups excluding carboxylic acids is 2. The van der Waals surface area contributed by atoms with E-state index in [1.165, 1.54) is 0 Å². The predicted molar refractivity (Wildman–Crippen MR) is 190 cm³/mol. The minimum absolute atomic E-state index is 0.0823. The maximum Gasteiger partial charge on any atom is 0.241 e. The van der Waals surface area contributed by atoms with Gasteiger partial charge in [0.05, 0.1) is 0 Å². The standard InChI is InChI=1S/C40H62N2O4/c1-37(2,3)29-23-27(24-30(35(29)45)38(4,5)6)17-19-33(43)41-21-15-13-14-16-22-42-34(44)20-18-28-25-31(39(7,8)9)36(46)32(26-28)40(10,11)12/h23-26,45-46H,13-22H2,1-12H3. The summed E-state index contributed by atoms with van der Waals surface area (Å²) in [6, 6.07) is 8.14. The molecule has 2 amide bonds. The Morgan fingerprint density at radius 1 is 0.500 bits per heavy atom. The molecule has 0 heterocycles. The van der Waals surface area contributed by atoms with E-state index in [0.717, 1.165) is 59.1 Å². The number of amides is 2. The van der Waals surface area contributed by atoms with Gasteiger partial charge in [-0.05, 0) is 80.7 Å². The lowest BCUT2D eigenvalue weighted by Gasteiger charge is -2.28. The molecule has 2 radical (unpaired) electrons. The van der Waals surface area contributed by atoms with Crippen LogP contribution in [0.4, 0.5) is 0 Å². The number of aryl methyl sites for hydroxylation is 2. The first-order chi connectivity index (χ1) is 21.0. The molecule has 0 atom stereocenters. The maximum absolute atomic E-state index is 12.5. The fourth-order valence-electron chi connectivity index (χ4n) is 5.61. The van der Waals surface area contributed by atoms with E-state index in [4.69, 9.17) is 0 Å². The molecular weight excluding hydrogens is 572 g/mol. The van der Waals surface area contributed by atoms with Crippen molar-refractivity contribution in [1.29, 1.82) is 0 Å². The summed E-state index contributed by atoms with van der Waals surface area (Å²) in [5.74, 6) is 0.549. The highest BCUT2D eigenvalue weighted by Crippen LogP contribution is 2.41. The van der Waals surface area contributed by atoms with Crippen molar-refractivity contribution in [3.05, 3.63) is 57.6 Å². The minimum atomic E-state index is -0.199. The number of rotatable bonds is 13. The van der Waals surface area contributed by atoms with Crippen molar-refractivity contribution in [2.24, 2.45) is 0 Å². The Balaban J connectivity index is 1.71. The second kappa shape index (κ2) is 15.7. The summed E-state index contributed by atoms with van der Waals surface area (Å²) >= 11 is 0. The lowest BCUT2D eigenvalue weighted by atomic mass is 9.78. The van der Waals surface area contributed by atoms with Gasteiger partial charge >= 0.3 is 0 Å². The molecule has 2 aromatic carbocycles. The molecule has 2 N–H and O–H groups in total. The number of phenolic OH excluding ortho intramolecular Hbond substituents is 2. The molecule has 0 spiro atoms. The van der Waals surface area contributed by atoms with Gasteiger partial charge in [-0.15, -0.1) is 0 Å². The Labute approximate surface area is 280 Å². The number of hydrogen-bond donors (Lipinski definition) is 2. The van der Waals surface area contributed by atoms with E-state index in [1.54, 1.807) is 0 Å². The first kappa shape index (κ1) is 39.2. The van der Waals surface area contributed by atoms with E-state index in [1.807, 2.05) is 24.3 Å². The van der Waals surface area contributed by atoms with Crippen LogP contribution in [0, 0.1) is 0 Å². The molecule has 0 aliphatic heterocycles. The molecule has 6 heteroatoms. The van der Waals surface area contributed by atoms with Gasteiger partial charge in [-0.3, -0.25) is 20.2 Å². The Hall–Kier alpha value is -3.02. The third-order valence-corrected chi connectivity index (χ3v) is 8.47. The summed E-state index contributed by atoms with van der Waals surface area (Å²) in [6.07, 6.45) is 5.50. The number of aromatic hydroxyl groups is 2. The molecule has 46 heavy (non-hydrogen) atoms. The van der Waals surface area contributed by atoms with Crippen LogP contribution in [0.3, 0.4) is 0 Å². The molecule has 0 saturated heterocycles. The van der Waals surface area contributed by atoms with E-state index in [9.17, 15) is 19.8 Å². The topological polar surface area (TPSA) is 103 Å². The van der Waals surface area contributed by atoms with Crippen molar-refractivity contribution in [1.82, 2.24) is 10.6 Å². The van der Waals surface area contributed by atoms with Crippen LogP contribution in [0.2, 0.25) is 0 Å². The van der Waals surface area contributed by atoms with Gasteiger partial charge in [0.1, 0.15) is 11.5 Å². The van der Waals surface area contributed by atoms with E-state index < -0.39 is 0 Å². The molecule has 256 valence electrons. The van der Waals surface area contributed by atoms with Crippen molar-refractivity contribution in [3.63, 3.8) is 0 Å². The molecule has 0 bridgehead atoms. The fourth-order valence-corrected chi connectivity index (χ4v) is 5.61. The summed E-state index contributed by atoms with van der Waals surface area (Å²) in [7, 11) is 0. The summed E-state index contributed by atoms with van der Waals surface area (Å²) in [5.41, 5.74) is 4.97. The first-order valence-electron chi connectivity index (χ1n) is 17.2. The first-order valence-corrected chi connectivity index (χ1v) is 17.2. The van der Waals surface area contributed by atoms with Crippen LogP contribution in [-0.4, -0.2) is 35.1 Å². The van der Waals surface area contributed by atoms with Crippen molar-refractivity contribution in [2.45, 2.75) is 156 Å². The third-order valence-electron chi connectivity index (χ3n) is 8.47. The van der Waals surface area contributed by atoms with Crippen LogP contribution in [0.25, 0.3) is 0 Å². The molecule has 6 nitrogen and oxygen atoms in total. The highest BCUT2D eigenvalue weighted by Gasteiger charge is 2.28. The molecule has 0 aliphatic carbocycles. The van der Waals surface area contributed by atoms with E-state index in [0.29, 0.717) is 50.3 Å². The van der Waals surface area contributed by atoms with Gasteiger partial charge < -0.3 is 10.2 Å². The van der Waals surface area contributed by atoms with E-state index in [-0.39, 0.29) is 33.5 Å². The Morgan fingerprint density at radius 2 is 0.761 bits per heavy atom. The van der Waals surface area contributed by atoms with Gasteiger partial charge in [-0.25, -0.2) is 0 Å². The van der Waals surface area contributed by atoms with Gasteiger partial charge in [0.25, 0.3) is 0 Å². The quantitative estimate of drug-likeness (QED) is 0.215. The zero-order chi connectivity index (χ0) is 35.1. The minimum Gasteiger partial charge on any atom is -0.507 e. The maximum atomic E-state index is 12.5. The van der Waals surface area contributed by atoms with E-state index >= 15 is 0 Å². The summed E-state index contributed by atoms with van der Waals surface area (Å²) in [4.78, 5) is 25.0. The van der Waals surface area contributed by atoms with Crippen molar-refractivity contribution in [2.75, 3.05) is 13.1 Å². The Morgan fingerprint density at radius 3 is 1.00 bits per heavy atom. The Bertz CT molecular complexity index is 1160. The van der Waals surface area contributed by atoms with Crippen LogP contribution >= 0.6 is 0 Å². The number of hydrogen-bond acceptors (Lipinski definition) is 4. The molecule has 0 fully saturated rings. The summed E-state index contributed by atoms with van der Waals surface area (Å²) < 4.78 is 0. The fraction of sp³-hybridized carbons (Fsp3) is 0.650. The summed E-state index contributed by atoms with van der Waals surface area (Å²) in [5, 5.41) is 30.4. The van der Waals surface area contributed by atoms with Crippen LogP contribution < -0.4 is 10.6 Å². The van der Waals surface area contributed by atoms with E-state index in [2.05, 4.69) is 93.7 Å². The largest absolute Gasteiger partial charge is 0.507 e.